The van der Waals surface area contributed by atoms with Crippen molar-refractivity contribution in [2.75, 3.05) is 19.0 Å². The maximum absolute atomic E-state index is 12.3. The number of alkyl halides is 1. The predicted octanol–water partition coefficient (Wildman–Crippen LogP) is 1.59. The lowest BCUT2D eigenvalue weighted by Gasteiger charge is -2.33. The molecule has 1 aromatic heterocycles. The Morgan fingerprint density at radius 1 is 1.26 bits per heavy atom. The van der Waals surface area contributed by atoms with Crippen LogP contribution in [-0.2, 0) is 9.53 Å². The van der Waals surface area contributed by atoms with E-state index in [4.69, 9.17) is 16.3 Å². The third kappa shape index (κ3) is 6.35. The molecular weight excluding hydrogens is 374 g/mol. The second-order valence-corrected chi connectivity index (χ2v) is 7.51. The van der Waals surface area contributed by atoms with Gasteiger partial charge in [0.1, 0.15) is 11.5 Å². The Kier molecular flexibility index (Phi) is 6.95. The molecule has 1 aliphatic heterocycles. The van der Waals surface area contributed by atoms with E-state index in [0.29, 0.717) is 18.8 Å². The number of hydrogen-bond acceptors (Lipinski definition) is 6. The zero-order chi connectivity index (χ0) is 20.0. The molecule has 3 amide bonds. The Morgan fingerprint density at radius 3 is 2.59 bits per heavy atom. The van der Waals surface area contributed by atoms with Crippen LogP contribution >= 0.6 is 11.6 Å². The number of carbonyl (C=O) groups is 3. The quantitative estimate of drug-likeness (QED) is 0.591. The summed E-state index contributed by atoms with van der Waals surface area (Å²) in [5.41, 5.74) is 4.56. The zero-order valence-electron chi connectivity index (χ0n) is 15.6. The minimum Gasteiger partial charge on any atom is -0.444 e. The van der Waals surface area contributed by atoms with Crippen molar-refractivity contribution < 1.29 is 19.1 Å². The minimum atomic E-state index is -0.591. The van der Waals surface area contributed by atoms with Crippen LogP contribution in [0.15, 0.2) is 12.1 Å². The van der Waals surface area contributed by atoms with Gasteiger partial charge in [0, 0.05) is 19.0 Å². The number of nitrogens with one attached hydrogen (secondary N) is 2. The van der Waals surface area contributed by atoms with Gasteiger partial charge in [-0.2, -0.15) is 5.10 Å². The SMILES string of the molecule is CC(C)(C)OC(=O)N1CCCC(c2ccc(C(=O)NNC(=O)CCl)nn2)C1. The van der Waals surface area contributed by atoms with Crippen LogP contribution in [0.25, 0.3) is 0 Å². The van der Waals surface area contributed by atoms with Crippen LogP contribution in [-0.4, -0.2) is 57.6 Å². The fraction of sp³-hybridized carbons (Fsp3) is 0.588. The lowest BCUT2D eigenvalue weighted by atomic mass is 9.95. The van der Waals surface area contributed by atoms with Crippen LogP contribution in [0.3, 0.4) is 0 Å². The summed E-state index contributed by atoms with van der Waals surface area (Å²) in [5.74, 6) is -1.36. The topological polar surface area (TPSA) is 114 Å². The third-order valence-electron chi connectivity index (χ3n) is 3.85. The molecule has 0 saturated carbocycles. The zero-order valence-corrected chi connectivity index (χ0v) is 16.4. The first-order valence-electron chi connectivity index (χ1n) is 8.66. The lowest BCUT2D eigenvalue weighted by Crippen LogP contribution is -2.43. The van der Waals surface area contributed by atoms with Gasteiger partial charge >= 0.3 is 6.09 Å². The van der Waals surface area contributed by atoms with E-state index in [0.717, 1.165) is 12.8 Å². The van der Waals surface area contributed by atoms with Crippen molar-refractivity contribution in [3.63, 3.8) is 0 Å². The highest BCUT2D eigenvalue weighted by Gasteiger charge is 2.29. The molecule has 10 heteroatoms. The van der Waals surface area contributed by atoms with E-state index in [1.54, 1.807) is 11.0 Å². The summed E-state index contributed by atoms with van der Waals surface area (Å²) in [5, 5.41) is 8.02. The lowest BCUT2D eigenvalue weighted by molar-refractivity contribution is -0.119. The molecule has 2 N–H and O–H groups in total. The van der Waals surface area contributed by atoms with Crippen molar-refractivity contribution in [1.82, 2.24) is 25.9 Å². The number of piperidine rings is 1. The van der Waals surface area contributed by atoms with Gasteiger partial charge in [-0.15, -0.1) is 16.7 Å². The standard InChI is InChI=1S/C17H24ClN5O4/c1-17(2,3)27-16(26)23-8-4-5-11(10-23)12-6-7-13(20-19-12)15(25)22-21-14(24)9-18/h6-7,11H,4-5,8-10H2,1-3H3,(H,21,24)(H,22,25). The number of nitrogens with zero attached hydrogens (tertiary/aromatic N) is 3. The maximum atomic E-state index is 12.3. The first-order valence-corrected chi connectivity index (χ1v) is 9.20. The number of hydrazine groups is 1. The smallest absolute Gasteiger partial charge is 0.410 e. The highest BCUT2D eigenvalue weighted by Crippen LogP contribution is 2.26. The summed E-state index contributed by atoms with van der Waals surface area (Å²) < 4.78 is 5.42. The van der Waals surface area contributed by atoms with Gasteiger partial charge in [0.2, 0.25) is 0 Å². The van der Waals surface area contributed by atoms with Gasteiger partial charge in [-0.3, -0.25) is 20.4 Å². The Bertz CT molecular complexity index is 690. The van der Waals surface area contributed by atoms with Crippen LogP contribution in [0.4, 0.5) is 4.79 Å². The number of amides is 3. The van der Waals surface area contributed by atoms with E-state index in [2.05, 4.69) is 21.0 Å². The molecular formula is C17H24ClN5O4. The fourth-order valence-corrected chi connectivity index (χ4v) is 2.68. The molecule has 2 heterocycles. The molecule has 1 atom stereocenters. The number of ether oxygens (including phenoxy) is 1. The predicted molar refractivity (Wildman–Crippen MR) is 98.1 cm³/mol. The summed E-state index contributed by atoms with van der Waals surface area (Å²) in [6, 6.07) is 3.23. The van der Waals surface area contributed by atoms with E-state index in [9.17, 15) is 14.4 Å². The maximum Gasteiger partial charge on any atom is 0.410 e. The van der Waals surface area contributed by atoms with E-state index in [-0.39, 0.29) is 23.6 Å². The number of likely N-dealkylation sites (tertiary alicyclic amines) is 1. The number of carbonyl (C=O) groups excluding carboxylic acids is 3. The summed E-state index contributed by atoms with van der Waals surface area (Å²) in [6.45, 7) is 6.62. The van der Waals surface area contributed by atoms with Crippen molar-refractivity contribution in [1.29, 1.82) is 0 Å². The van der Waals surface area contributed by atoms with Gasteiger partial charge < -0.3 is 9.64 Å². The Morgan fingerprint density at radius 2 is 2.00 bits per heavy atom. The second-order valence-electron chi connectivity index (χ2n) is 7.24. The van der Waals surface area contributed by atoms with Gasteiger partial charge in [-0.25, -0.2) is 4.79 Å². The van der Waals surface area contributed by atoms with Crippen molar-refractivity contribution in [3.8, 4) is 0 Å². The molecule has 0 spiro atoms. The average molecular weight is 398 g/mol. The third-order valence-corrected chi connectivity index (χ3v) is 4.09. The van der Waals surface area contributed by atoms with E-state index in [1.165, 1.54) is 6.07 Å². The summed E-state index contributed by atoms with van der Waals surface area (Å²) in [7, 11) is 0. The van der Waals surface area contributed by atoms with Crippen LogP contribution in [0.5, 0.6) is 0 Å². The highest BCUT2D eigenvalue weighted by atomic mass is 35.5. The molecule has 0 aliphatic carbocycles. The van der Waals surface area contributed by atoms with Crippen LogP contribution in [0.2, 0.25) is 0 Å². The molecule has 148 valence electrons. The second kappa shape index (κ2) is 8.98. The van der Waals surface area contributed by atoms with Crippen molar-refractivity contribution >= 4 is 29.5 Å². The summed E-state index contributed by atoms with van der Waals surface area (Å²) >= 11 is 5.33. The summed E-state index contributed by atoms with van der Waals surface area (Å²) in [4.78, 5) is 36.9. The molecule has 0 bridgehead atoms. The Balaban J connectivity index is 1.96. The number of hydrogen-bond donors (Lipinski definition) is 2. The van der Waals surface area contributed by atoms with Gasteiger partial charge in [-0.05, 0) is 45.7 Å². The fourth-order valence-electron chi connectivity index (χ4n) is 2.62. The Hall–Kier alpha value is -2.42. The first-order chi connectivity index (χ1) is 12.7. The molecule has 27 heavy (non-hydrogen) atoms. The molecule has 1 fully saturated rings. The number of rotatable bonds is 3. The first kappa shape index (κ1) is 20.9. The Labute approximate surface area is 162 Å². The number of halogens is 1. The van der Waals surface area contributed by atoms with Crippen LogP contribution in [0, 0.1) is 0 Å². The van der Waals surface area contributed by atoms with Gasteiger partial charge in [0.05, 0.1) is 5.69 Å². The minimum absolute atomic E-state index is 0.0202. The van der Waals surface area contributed by atoms with Crippen LogP contribution < -0.4 is 10.9 Å². The highest BCUT2D eigenvalue weighted by molar-refractivity contribution is 6.27. The van der Waals surface area contributed by atoms with Crippen molar-refractivity contribution in [3.05, 3.63) is 23.5 Å². The van der Waals surface area contributed by atoms with E-state index < -0.39 is 17.4 Å². The van der Waals surface area contributed by atoms with Crippen molar-refractivity contribution in [2.45, 2.75) is 45.1 Å². The van der Waals surface area contributed by atoms with E-state index >= 15 is 0 Å². The van der Waals surface area contributed by atoms with Gasteiger partial charge in [-0.1, -0.05) is 0 Å². The molecule has 1 unspecified atom stereocenters. The number of aromatic nitrogens is 2. The van der Waals surface area contributed by atoms with Gasteiger partial charge in [0.15, 0.2) is 5.69 Å². The molecule has 0 aromatic carbocycles. The monoisotopic (exact) mass is 397 g/mol. The average Bonchev–Trinajstić information content (AvgIpc) is 2.64. The van der Waals surface area contributed by atoms with Crippen molar-refractivity contribution in [2.24, 2.45) is 0 Å². The van der Waals surface area contributed by atoms with E-state index in [1.807, 2.05) is 20.8 Å². The van der Waals surface area contributed by atoms with Gasteiger partial charge in [0.25, 0.3) is 11.8 Å². The summed E-state index contributed by atoms with van der Waals surface area (Å²) in [6.07, 6.45) is 1.36. The molecule has 1 saturated heterocycles. The molecule has 2 rings (SSSR count). The normalized spacial score (nSPS) is 17.2. The largest absolute Gasteiger partial charge is 0.444 e. The molecule has 1 aromatic rings. The van der Waals surface area contributed by atoms with Crippen LogP contribution in [0.1, 0.15) is 55.7 Å². The molecule has 9 nitrogen and oxygen atoms in total. The molecule has 1 aliphatic rings. The molecule has 0 radical (unpaired) electrons.